The van der Waals surface area contributed by atoms with Crippen LogP contribution in [0.2, 0.25) is 0 Å². The fourth-order valence-electron chi connectivity index (χ4n) is 9.33. The third-order valence-electron chi connectivity index (χ3n) is 14.3. The number of hydrogen-bond acceptors (Lipinski definition) is 6. The quantitative estimate of drug-likeness (QED) is 0.0261. The Labute approximate surface area is 477 Å². The van der Waals surface area contributed by atoms with Crippen molar-refractivity contribution in [3.05, 3.63) is 85.1 Å². The van der Waals surface area contributed by atoms with E-state index in [0.717, 1.165) is 103 Å². The van der Waals surface area contributed by atoms with Crippen molar-refractivity contribution in [3.63, 3.8) is 0 Å². The second kappa shape index (κ2) is 65.1. The van der Waals surface area contributed by atoms with Crippen LogP contribution in [-0.4, -0.2) is 37.2 Å². The summed E-state index contributed by atoms with van der Waals surface area (Å²) in [5, 5.41) is 0. The van der Waals surface area contributed by atoms with Crippen molar-refractivity contribution in [2.45, 2.75) is 335 Å². The normalized spacial score (nSPS) is 12.6. The first-order valence-corrected chi connectivity index (χ1v) is 33.1. The van der Waals surface area contributed by atoms with Crippen LogP contribution in [0.3, 0.4) is 0 Å². The van der Waals surface area contributed by atoms with Crippen molar-refractivity contribution in [2.24, 2.45) is 0 Å². The van der Waals surface area contributed by atoms with E-state index in [4.69, 9.17) is 14.2 Å². The van der Waals surface area contributed by atoms with Gasteiger partial charge in [-0.2, -0.15) is 0 Å². The molecule has 0 aromatic rings. The Morgan fingerprint density at radius 3 is 0.753 bits per heavy atom. The third-order valence-corrected chi connectivity index (χ3v) is 14.3. The Balaban J connectivity index is 4.32. The first kappa shape index (κ1) is 73.6. The number of carbonyl (C=O) groups is 3. The lowest BCUT2D eigenvalue weighted by Crippen LogP contribution is -2.30. The van der Waals surface area contributed by atoms with Crippen LogP contribution in [0.4, 0.5) is 0 Å². The van der Waals surface area contributed by atoms with Gasteiger partial charge < -0.3 is 14.2 Å². The molecule has 0 spiro atoms. The van der Waals surface area contributed by atoms with Gasteiger partial charge in [-0.3, -0.25) is 14.4 Å². The highest BCUT2D eigenvalue weighted by Crippen LogP contribution is 2.16. The summed E-state index contributed by atoms with van der Waals surface area (Å²) in [7, 11) is 0. The smallest absolute Gasteiger partial charge is 0.306 e. The fourth-order valence-corrected chi connectivity index (χ4v) is 9.33. The van der Waals surface area contributed by atoms with Gasteiger partial charge in [-0.05, 0) is 122 Å². The summed E-state index contributed by atoms with van der Waals surface area (Å²) in [4.78, 5) is 38.3. The van der Waals surface area contributed by atoms with Crippen LogP contribution in [0.1, 0.15) is 329 Å². The van der Waals surface area contributed by atoms with Crippen molar-refractivity contribution in [1.29, 1.82) is 0 Å². The van der Waals surface area contributed by atoms with E-state index in [-0.39, 0.29) is 31.1 Å². The molecule has 0 aromatic carbocycles. The average molecular weight is 1070 g/mol. The van der Waals surface area contributed by atoms with Crippen molar-refractivity contribution in [2.75, 3.05) is 13.2 Å². The van der Waals surface area contributed by atoms with Gasteiger partial charge in [0.15, 0.2) is 6.10 Å². The lowest BCUT2D eigenvalue weighted by molar-refractivity contribution is -0.167. The van der Waals surface area contributed by atoms with E-state index in [1.165, 1.54) is 186 Å². The third kappa shape index (κ3) is 63.3. The first-order valence-electron chi connectivity index (χ1n) is 33.1. The molecule has 1 atom stereocenters. The fraction of sp³-hybridized carbons (Fsp3) is 0.761. The average Bonchev–Trinajstić information content (AvgIpc) is 3.43. The number of allylic oxidation sites excluding steroid dienone is 14. The van der Waals surface area contributed by atoms with Crippen LogP contribution < -0.4 is 0 Å². The highest BCUT2D eigenvalue weighted by Gasteiger charge is 2.19. The zero-order chi connectivity index (χ0) is 55.7. The zero-order valence-electron chi connectivity index (χ0n) is 51.0. The molecule has 444 valence electrons. The van der Waals surface area contributed by atoms with Crippen LogP contribution in [-0.2, 0) is 28.6 Å². The molecule has 0 aliphatic carbocycles. The maximum absolute atomic E-state index is 12.9. The van der Waals surface area contributed by atoms with Gasteiger partial charge in [0.25, 0.3) is 0 Å². The minimum atomic E-state index is -0.789. The van der Waals surface area contributed by atoms with Crippen LogP contribution in [0.25, 0.3) is 0 Å². The van der Waals surface area contributed by atoms with Crippen molar-refractivity contribution >= 4 is 17.9 Å². The number of hydrogen-bond donors (Lipinski definition) is 0. The molecular formula is C71H124O6. The molecule has 0 rings (SSSR count). The molecule has 0 bridgehead atoms. The summed E-state index contributed by atoms with van der Waals surface area (Å²) in [6, 6.07) is 0. The van der Waals surface area contributed by atoms with E-state index < -0.39 is 6.10 Å². The molecule has 6 nitrogen and oxygen atoms in total. The number of esters is 3. The lowest BCUT2D eigenvalue weighted by atomic mass is 10.0. The maximum atomic E-state index is 12.9. The summed E-state index contributed by atoms with van der Waals surface area (Å²) >= 11 is 0. The molecule has 0 fully saturated rings. The highest BCUT2D eigenvalue weighted by molar-refractivity contribution is 5.71. The Morgan fingerprint density at radius 2 is 0.468 bits per heavy atom. The van der Waals surface area contributed by atoms with E-state index in [0.29, 0.717) is 19.3 Å². The minimum absolute atomic E-state index is 0.0842. The Hall–Kier alpha value is -3.41. The first-order chi connectivity index (χ1) is 38.0. The standard InChI is InChI=1S/C71H124O6/c1-4-7-10-13-16-19-22-25-28-30-31-32-33-34-35-36-37-38-39-41-43-46-49-52-55-58-61-64-70(73)76-67-68(66-75-69(72)63-60-57-54-51-48-45-42-27-24-21-18-15-12-9-6-3)77-71(74)65-62-59-56-53-50-47-44-40-29-26-23-20-17-14-11-8-5-2/h17-18,20-22,25-27,29-31,33-34,42,68H,4-16,19,23-24,28,32,35-41,43-67H2,1-3H3/b20-17-,21-18-,25-22-,29-26-,31-30-,34-33-,42-27-. The highest BCUT2D eigenvalue weighted by atomic mass is 16.6. The largest absolute Gasteiger partial charge is 0.462 e. The molecule has 0 N–H and O–H groups in total. The summed E-state index contributed by atoms with van der Waals surface area (Å²) in [6.45, 7) is 6.59. The topological polar surface area (TPSA) is 78.9 Å². The van der Waals surface area contributed by atoms with Crippen LogP contribution in [0, 0.1) is 0 Å². The SMILES string of the molecule is CCCCC/C=C\C/C=C\CCCCCCCCCC(=O)OC(COC(=O)CCCCCCC/C=C\C/C=C\CCCCC)COC(=O)CCCCCCCCCCCCCC/C=C\C/C=C\C/C=C\CCCCCCC. The van der Waals surface area contributed by atoms with Gasteiger partial charge in [0.05, 0.1) is 0 Å². The second-order valence-corrected chi connectivity index (χ2v) is 22.0. The van der Waals surface area contributed by atoms with Gasteiger partial charge in [0.1, 0.15) is 13.2 Å². The zero-order valence-corrected chi connectivity index (χ0v) is 51.0. The summed E-state index contributed by atoms with van der Waals surface area (Å²) < 4.78 is 16.9. The van der Waals surface area contributed by atoms with Gasteiger partial charge >= 0.3 is 17.9 Å². The van der Waals surface area contributed by atoms with E-state index in [9.17, 15) is 14.4 Å². The maximum Gasteiger partial charge on any atom is 0.306 e. The summed E-state index contributed by atoms with van der Waals surface area (Å²) in [5.74, 6) is -0.895. The molecule has 0 heterocycles. The molecule has 0 saturated heterocycles. The van der Waals surface area contributed by atoms with Gasteiger partial charge in [-0.1, -0.05) is 273 Å². The van der Waals surface area contributed by atoms with Crippen LogP contribution >= 0.6 is 0 Å². The second-order valence-electron chi connectivity index (χ2n) is 22.0. The molecular weight excluding hydrogens is 949 g/mol. The molecule has 0 aliphatic rings. The van der Waals surface area contributed by atoms with Crippen LogP contribution in [0.15, 0.2) is 85.1 Å². The van der Waals surface area contributed by atoms with E-state index >= 15 is 0 Å². The predicted molar refractivity (Wildman–Crippen MR) is 334 cm³/mol. The molecule has 77 heavy (non-hydrogen) atoms. The molecule has 1 unspecified atom stereocenters. The summed E-state index contributed by atoms with van der Waals surface area (Å²) in [5.41, 5.74) is 0. The molecule has 0 aliphatic heterocycles. The number of unbranched alkanes of at least 4 members (excludes halogenated alkanes) is 35. The Kier molecular flexibility index (Phi) is 62.2. The monoisotopic (exact) mass is 1070 g/mol. The lowest BCUT2D eigenvalue weighted by Gasteiger charge is -2.18. The van der Waals surface area contributed by atoms with E-state index in [1.807, 2.05) is 0 Å². The molecule has 0 saturated carbocycles. The molecule has 6 heteroatoms. The molecule has 0 aromatic heterocycles. The minimum Gasteiger partial charge on any atom is -0.462 e. The summed E-state index contributed by atoms with van der Waals surface area (Å²) in [6.07, 6.45) is 85.9. The van der Waals surface area contributed by atoms with Gasteiger partial charge in [0, 0.05) is 19.3 Å². The Bertz CT molecular complexity index is 1470. The van der Waals surface area contributed by atoms with Crippen molar-refractivity contribution in [3.8, 4) is 0 Å². The van der Waals surface area contributed by atoms with Gasteiger partial charge in [-0.15, -0.1) is 0 Å². The number of carbonyl (C=O) groups excluding carboxylic acids is 3. The van der Waals surface area contributed by atoms with Gasteiger partial charge in [-0.25, -0.2) is 0 Å². The Morgan fingerprint density at radius 1 is 0.260 bits per heavy atom. The van der Waals surface area contributed by atoms with E-state index in [1.54, 1.807) is 0 Å². The number of rotatable bonds is 60. The number of ether oxygens (including phenoxy) is 3. The molecule has 0 radical (unpaired) electrons. The predicted octanol–water partition coefficient (Wildman–Crippen LogP) is 22.7. The van der Waals surface area contributed by atoms with Crippen molar-refractivity contribution < 1.29 is 28.6 Å². The van der Waals surface area contributed by atoms with Crippen molar-refractivity contribution in [1.82, 2.24) is 0 Å². The van der Waals surface area contributed by atoms with Gasteiger partial charge in [0.2, 0.25) is 0 Å². The molecule has 0 amide bonds. The van der Waals surface area contributed by atoms with Crippen LogP contribution in [0.5, 0.6) is 0 Å². The van der Waals surface area contributed by atoms with E-state index in [2.05, 4.69) is 106 Å².